The normalized spacial score (nSPS) is 49.4. The van der Waals surface area contributed by atoms with Crippen LogP contribution in [0.1, 0.15) is 46.0 Å². The van der Waals surface area contributed by atoms with Crippen molar-refractivity contribution in [1.82, 2.24) is 0 Å². The monoisotopic (exact) mass is 220 g/mol. The van der Waals surface area contributed by atoms with Crippen LogP contribution in [-0.4, -0.2) is 11.7 Å². The van der Waals surface area contributed by atoms with E-state index in [2.05, 4.69) is 20.4 Å². The average Bonchev–Trinajstić information content (AvgIpc) is 2.81. The third-order valence-corrected chi connectivity index (χ3v) is 6.17. The third kappa shape index (κ3) is 1.16. The molecule has 0 radical (unpaired) electrons. The first kappa shape index (κ1) is 10.8. The molecular formula is C15H24O. The predicted molar refractivity (Wildman–Crippen MR) is 66.0 cm³/mol. The highest BCUT2D eigenvalue weighted by Crippen LogP contribution is 2.69. The van der Waals surface area contributed by atoms with Crippen LogP contribution in [0.25, 0.3) is 0 Å². The lowest BCUT2D eigenvalue weighted by atomic mass is 9.58. The van der Waals surface area contributed by atoms with Crippen molar-refractivity contribution >= 4 is 0 Å². The van der Waals surface area contributed by atoms with Gasteiger partial charge in [0.2, 0.25) is 0 Å². The number of hydrogen-bond acceptors (Lipinski definition) is 1. The summed E-state index contributed by atoms with van der Waals surface area (Å²) in [6, 6.07) is 0. The van der Waals surface area contributed by atoms with Crippen molar-refractivity contribution in [1.29, 1.82) is 0 Å². The summed E-state index contributed by atoms with van der Waals surface area (Å²) < 4.78 is 0. The van der Waals surface area contributed by atoms with Crippen molar-refractivity contribution in [2.75, 3.05) is 6.61 Å². The Balaban J connectivity index is 1.98. The molecule has 3 aliphatic carbocycles. The molecule has 1 nitrogen and oxygen atoms in total. The number of hydrogen-bond donors (Lipinski definition) is 1. The van der Waals surface area contributed by atoms with Gasteiger partial charge in [-0.1, -0.05) is 26.0 Å². The second-order valence-electron chi connectivity index (χ2n) is 7.09. The van der Waals surface area contributed by atoms with E-state index in [1.807, 2.05) is 0 Å². The molecule has 16 heavy (non-hydrogen) atoms. The molecule has 4 atom stereocenters. The van der Waals surface area contributed by atoms with Crippen LogP contribution in [0.3, 0.4) is 0 Å². The van der Waals surface area contributed by atoms with Crippen molar-refractivity contribution in [3.8, 4) is 0 Å². The Bertz CT molecular complexity index is 330. The fourth-order valence-corrected chi connectivity index (χ4v) is 5.02. The minimum atomic E-state index is 0.342. The van der Waals surface area contributed by atoms with E-state index >= 15 is 0 Å². The maximum Gasteiger partial charge on any atom is 0.0459 e. The highest BCUT2D eigenvalue weighted by Gasteiger charge is 2.59. The van der Waals surface area contributed by atoms with Gasteiger partial charge in [0, 0.05) is 6.61 Å². The fraction of sp³-hybridized carbons (Fsp3) is 0.867. The Morgan fingerprint density at radius 2 is 2.12 bits per heavy atom. The smallest absolute Gasteiger partial charge is 0.0459 e. The molecule has 3 fully saturated rings. The molecule has 1 spiro atoms. The number of aliphatic hydroxyl groups excluding tert-OH is 1. The molecule has 90 valence electrons. The molecular weight excluding hydrogens is 196 g/mol. The molecule has 0 aliphatic heterocycles. The van der Waals surface area contributed by atoms with Gasteiger partial charge >= 0.3 is 0 Å². The Hall–Kier alpha value is -0.300. The molecule has 0 aromatic heterocycles. The lowest BCUT2D eigenvalue weighted by Gasteiger charge is -2.47. The summed E-state index contributed by atoms with van der Waals surface area (Å²) in [6.45, 7) is 9.60. The van der Waals surface area contributed by atoms with Crippen LogP contribution in [0.2, 0.25) is 0 Å². The molecule has 0 saturated heterocycles. The summed E-state index contributed by atoms with van der Waals surface area (Å²) in [7, 11) is 0. The Labute approximate surface area is 98.9 Å². The number of allylic oxidation sites excluding steroid dienone is 1. The number of aliphatic hydroxyl groups is 1. The second kappa shape index (κ2) is 3.13. The summed E-state index contributed by atoms with van der Waals surface area (Å²) in [5.41, 5.74) is 2.39. The largest absolute Gasteiger partial charge is 0.396 e. The van der Waals surface area contributed by atoms with Crippen molar-refractivity contribution in [3.05, 3.63) is 12.2 Å². The summed E-state index contributed by atoms with van der Waals surface area (Å²) in [4.78, 5) is 0. The highest BCUT2D eigenvalue weighted by molar-refractivity contribution is 5.26. The van der Waals surface area contributed by atoms with Gasteiger partial charge in [0.1, 0.15) is 0 Å². The maximum atomic E-state index is 9.42. The molecule has 0 aromatic carbocycles. The zero-order valence-corrected chi connectivity index (χ0v) is 10.6. The van der Waals surface area contributed by atoms with Crippen LogP contribution in [0.4, 0.5) is 0 Å². The summed E-state index contributed by atoms with van der Waals surface area (Å²) in [5.74, 6) is 2.11. The van der Waals surface area contributed by atoms with Crippen molar-refractivity contribution < 1.29 is 5.11 Å². The molecule has 0 unspecified atom stereocenters. The van der Waals surface area contributed by atoms with Crippen LogP contribution in [-0.2, 0) is 0 Å². The topological polar surface area (TPSA) is 20.2 Å². The predicted octanol–water partition coefficient (Wildman–Crippen LogP) is 3.39. The van der Waals surface area contributed by atoms with E-state index in [1.54, 1.807) is 0 Å². The van der Waals surface area contributed by atoms with E-state index in [9.17, 15) is 5.11 Å². The van der Waals surface area contributed by atoms with E-state index in [0.717, 1.165) is 5.92 Å². The van der Waals surface area contributed by atoms with E-state index < -0.39 is 0 Å². The quantitative estimate of drug-likeness (QED) is 0.672. The van der Waals surface area contributed by atoms with Gasteiger partial charge < -0.3 is 5.11 Å². The molecule has 3 aliphatic rings. The van der Waals surface area contributed by atoms with E-state index in [-0.39, 0.29) is 0 Å². The minimum absolute atomic E-state index is 0.342. The number of fused-ring (bicyclic) bond motifs is 1. The van der Waals surface area contributed by atoms with Crippen molar-refractivity contribution in [2.45, 2.75) is 46.0 Å². The summed E-state index contributed by atoms with van der Waals surface area (Å²) >= 11 is 0. The summed E-state index contributed by atoms with van der Waals surface area (Å²) in [5, 5.41) is 9.42. The van der Waals surface area contributed by atoms with Crippen LogP contribution in [0, 0.1) is 28.6 Å². The van der Waals surface area contributed by atoms with Gasteiger partial charge in [-0.3, -0.25) is 0 Å². The van der Waals surface area contributed by atoms with Gasteiger partial charge in [0.15, 0.2) is 0 Å². The zero-order valence-electron chi connectivity index (χ0n) is 10.6. The van der Waals surface area contributed by atoms with Gasteiger partial charge in [-0.2, -0.15) is 0 Å². The molecule has 1 heteroatoms. The van der Waals surface area contributed by atoms with Crippen molar-refractivity contribution in [2.24, 2.45) is 28.6 Å². The SMILES string of the molecule is C=C1[C@H]2C[C@@H](CO)C[C@]23CC[C@@H](C3)C1(C)C. The van der Waals surface area contributed by atoms with E-state index in [0.29, 0.717) is 29.3 Å². The molecule has 2 bridgehead atoms. The van der Waals surface area contributed by atoms with E-state index in [4.69, 9.17) is 0 Å². The van der Waals surface area contributed by atoms with Gasteiger partial charge in [-0.15, -0.1) is 0 Å². The molecule has 0 aromatic rings. The average molecular weight is 220 g/mol. The molecule has 3 saturated carbocycles. The maximum absolute atomic E-state index is 9.42. The summed E-state index contributed by atoms with van der Waals surface area (Å²) in [6.07, 6.45) is 6.65. The molecule has 3 rings (SSSR count). The minimum Gasteiger partial charge on any atom is -0.396 e. The standard InChI is InChI=1S/C15H24O/c1-10-13-6-11(9-16)7-15(13)5-4-12(8-15)14(10,2)3/h11-13,16H,1,4-9H2,2-3H3/t11-,12+,13-,15+/m1/s1. The Morgan fingerprint density at radius 1 is 1.38 bits per heavy atom. The van der Waals surface area contributed by atoms with Gasteiger partial charge in [0.25, 0.3) is 0 Å². The van der Waals surface area contributed by atoms with Gasteiger partial charge in [-0.05, 0) is 60.7 Å². The molecule has 0 amide bonds. The van der Waals surface area contributed by atoms with Crippen LogP contribution in [0.5, 0.6) is 0 Å². The number of rotatable bonds is 1. The van der Waals surface area contributed by atoms with Crippen LogP contribution < -0.4 is 0 Å². The first-order valence-electron chi connectivity index (χ1n) is 6.80. The highest BCUT2D eigenvalue weighted by atomic mass is 16.3. The van der Waals surface area contributed by atoms with Crippen LogP contribution >= 0.6 is 0 Å². The zero-order chi connectivity index (χ0) is 11.6. The third-order valence-electron chi connectivity index (χ3n) is 6.17. The molecule has 1 N–H and O–H groups in total. The Kier molecular flexibility index (Phi) is 2.12. The first-order valence-corrected chi connectivity index (χ1v) is 6.80. The van der Waals surface area contributed by atoms with Crippen molar-refractivity contribution in [3.63, 3.8) is 0 Å². The lowest BCUT2D eigenvalue weighted by molar-refractivity contribution is 0.118. The Morgan fingerprint density at radius 3 is 2.81 bits per heavy atom. The first-order chi connectivity index (χ1) is 7.49. The lowest BCUT2D eigenvalue weighted by Crippen LogP contribution is -2.38. The molecule has 0 heterocycles. The second-order valence-corrected chi connectivity index (χ2v) is 7.09. The van der Waals surface area contributed by atoms with E-state index in [1.165, 1.54) is 37.7 Å². The van der Waals surface area contributed by atoms with Gasteiger partial charge in [0.05, 0.1) is 0 Å². The van der Waals surface area contributed by atoms with Gasteiger partial charge in [-0.25, -0.2) is 0 Å². The van der Waals surface area contributed by atoms with Crippen LogP contribution in [0.15, 0.2) is 12.2 Å². The fourth-order valence-electron chi connectivity index (χ4n) is 5.02.